The average molecular weight is 404 g/mol. The summed E-state index contributed by atoms with van der Waals surface area (Å²) < 4.78 is 23.5. The summed E-state index contributed by atoms with van der Waals surface area (Å²) in [6.45, 7) is 0.170. The van der Waals surface area contributed by atoms with Crippen LogP contribution in [-0.2, 0) is 6.42 Å². The fourth-order valence-corrected chi connectivity index (χ4v) is 3.74. The Balaban J connectivity index is 1.86. The first kappa shape index (κ1) is 21.0. The summed E-state index contributed by atoms with van der Waals surface area (Å²) in [5.41, 5.74) is 0.106. The van der Waals surface area contributed by atoms with Gasteiger partial charge in [0.15, 0.2) is 0 Å². The van der Waals surface area contributed by atoms with Gasteiger partial charge >= 0.3 is 0 Å². The number of likely N-dealkylation sites (tertiary alicyclic amines) is 1. The smallest absolute Gasteiger partial charge is 0.259 e. The predicted octanol–water partition coefficient (Wildman–Crippen LogP) is 1.67. The molecule has 1 aromatic carbocycles. The second-order valence-corrected chi connectivity index (χ2v) is 7.27. The third-order valence-electron chi connectivity index (χ3n) is 5.42. The molecule has 1 aliphatic heterocycles. The maximum absolute atomic E-state index is 13.2. The predicted molar refractivity (Wildman–Crippen MR) is 103 cm³/mol. The zero-order chi connectivity index (χ0) is 21.0. The SMILES string of the molecule is COc1ccc(C(=O)N2CC[C@H](O)[C@@](CO)(Cc3ccc(F)cc3)C2)c(OC)n1. The molecule has 0 bridgehead atoms. The Kier molecular flexibility index (Phi) is 6.34. The van der Waals surface area contributed by atoms with Gasteiger partial charge < -0.3 is 24.6 Å². The highest BCUT2D eigenvalue weighted by molar-refractivity contribution is 5.96. The first-order valence-corrected chi connectivity index (χ1v) is 9.34. The monoisotopic (exact) mass is 404 g/mol. The van der Waals surface area contributed by atoms with E-state index in [-0.39, 0.29) is 36.3 Å². The summed E-state index contributed by atoms with van der Waals surface area (Å²) in [4.78, 5) is 18.9. The molecule has 7 nitrogen and oxygen atoms in total. The maximum atomic E-state index is 13.2. The second kappa shape index (κ2) is 8.75. The fourth-order valence-electron chi connectivity index (χ4n) is 3.74. The Bertz CT molecular complexity index is 861. The van der Waals surface area contributed by atoms with Crippen molar-refractivity contribution in [3.05, 3.63) is 53.3 Å². The van der Waals surface area contributed by atoms with E-state index in [1.54, 1.807) is 29.2 Å². The number of benzene rings is 1. The summed E-state index contributed by atoms with van der Waals surface area (Å²) in [7, 11) is 2.89. The third kappa shape index (κ3) is 4.33. The van der Waals surface area contributed by atoms with Gasteiger partial charge in [-0.2, -0.15) is 4.98 Å². The van der Waals surface area contributed by atoms with Crippen molar-refractivity contribution >= 4 is 5.91 Å². The van der Waals surface area contributed by atoms with Crippen LogP contribution in [0.3, 0.4) is 0 Å². The van der Waals surface area contributed by atoms with E-state index < -0.39 is 11.5 Å². The van der Waals surface area contributed by atoms with E-state index in [0.29, 0.717) is 25.3 Å². The molecule has 0 unspecified atom stereocenters. The number of hydrogen-bond donors (Lipinski definition) is 2. The normalized spacial score (nSPS) is 21.7. The molecular weight excluding hydrogens is 379 g/mol. The molecule has 0 aliphatic carbocycles. The number of piperidine rings is 1. The number of aliphatic hydroxyl groups excluding tert-OH is 2. The molecule has 2 heterocycles. The van der Waals surface area contributed by atoms with Crippen molar-refractivity contribution in [2.75, 3.05) is 33.9 Å². The van der Waals surface area contributed by atoms with E-state index in [1.165, 1.54) is 26.4 Å². The molecule has 1 fully saturated rings. The van der Waals surface area contributed by atoms with E-state index in [0.717, 1.165) is 5.56 Å². The molecular formula is C21H25FN2O5. The summed E-state index contributed by atoms with van der Waals surface area (Å²) >= 11 is 0. The van der Waals surface area contributed by atoms with Crippen molar-refractivity contribution in [3.8, 4) is 11.8 Å². The Hall–Kier alpha value is -2.71. The number of hydrogen-bond acceptors (Lipinski definition) is 6. The quantitative estimate of drug-likeness (QED) is 0.761. The third-order valence-corrected chi connectivity index (χ3v) is 5.42. The number of rotatable bonds is 6. The largest absolute Gasteiger partial charge is 0.481 e. The van der Waals surface area contributed by atoms with Crippen molar-refractivity contribution in [2.45, 2.75) is 18.9 Å². The lowest BCUT2D eigenvalue weighted by Gasteiger charge is -2.45. The lowest BCUT2D eigenvalue weighted by atomic mass is 9.73. The average Bonchev–Trinajstić information content (AvgIpc) is 2.75. The van der Waals surface area contributed by atoms with Gasteiger partial charge in [-0.1, -0.05) is 12.1 Å². The van der Waals surface area contributed by atoms with Gasteiger partial charge in [0, 0.05) is 24.6 Å². The molecule has 1 saturated heterocycles. The number of aliphatic hydroxyl groups is 2. The van der Waals surface area contributed by atoms with Crippen LogP contribution < -0.4 is 9.47 Å². The zero-order valence-corrected chi connectivity index (χ0v) is 16.5. The van der Waals surface area contributed by atoms with Gasteiger partial charge in [-0.25, -0.2) is 4.39 Å². The molecule has 0 saturated carbocycles. The van der Waals surface area contributed by atoms with Crippen LogP contribution in [0.1, 0.15) is 22.3 Å². The zero-order valence-electron chi connectivity index (χ0n) is 16.5. The number of carbonyl (C=O) groups is 1. The van der Waals surface area contributed by atoms with Gasteiger partial charge in [-0.05, 0) is 36.6 Å². The number of ether oxygens (including phenoxy) is 2. The molecule has 0 radical (unpaired) electrons. The highest BCUT2D eigenvalue weighted by atomic mass is 19.1. The number of methoxy groups -OCH3 is 2. The standard InChI is InChI=1S/C21H25FN2O5/c1-28-18-8-7-16(19(23-18)29-2)20(27)24-10-9-17(26)21(12-24,13-25)11-14-3-5-15(22)6-4-14/h3-8,17,25-26H,9-13H2,1-2H3/t17-,21-/m0/s1. The van der Waals surface area contributed by atoms with Gasteiger partial charge in [-0.15, -0.1) is 0 Å². The maximum Gasteiger partial charge on any atom is 0.259 e. The van der Waals surface area contributed by atoms with E-state index in [1.807, 2.05) is 0 Å². The van der Waals surface area contributed by atoms with Crippen molar-refractivity contribution in [3.63, 3.8) is 0 Å². The van der Waals surface area contributed by atoms with Gasteiger partial charge in [-0.3, -0.25) is 4.79 Å². The van der Waals surface area contributed by atoms with Crippen LogP contribution in [0.2, 0.25) is 0 Å². The van der Waals surface area contributed by atoms with E-state index in [4.69, 9.17) is 9.47 Å². The summed E-state index contributed by atoms with van der Waals surface area (Å²) in [5, 5.41) is 20.8. The van der Waals surface area contributed by atoms with Crippen LogP contribution >= 0.6 is 0 Å². The summed E-state index contributed by atoms with van der Waals surface area (Å²) in [6, 6.07) is 9.08. The molecule has 1 amide bonds. The molecule has 2 N–H and O–H groups in total. The topological polar surface area (TPSA) is 92.1 Å². The minimum absolute atomic E-state index is 0.147. The highest BCUT2D eigenvalue weighted by Crippen LogP contribution is 2.35. The highest BCUT2D eigenvalue weighted by Gasteiger charge is 2.44. The molecule has 0 spiro atoms. The van der Waals surface area contributed by atoms with Crippen molar-refractivity contribution in [2.24, 2.45) is 5.41 Å². The minimum atomic E-state index is -0.946. The van der Waals surface area contributed by atoms with Crippen LogP contribution in [-0.4, -0.2) is 66.0 Å². The Morgan fingerprint density at radius 1 is 1.24 bits per heavy atom. The first-order valence-electron chi connectivity index (χ1n) is 9.34. The van der Waals surface area contributed by atoms with Crippen molar-refractivity contribution in [1.82, 2.24) is 9.88 Å². The number of nitrogens with zero attached hydrogens (tertiary/aromatic N) is 2. The molecule has 2 aromatic rings. The molecule has 2 atom stereocenters. The first-order chi connectivity index (χ1) is 13.9. The molecule has 1 aromatic heterocycles. The number of halogens is 1. The van der Waals surface area contributed by atoms with E-state index in [2.05, 4.69) is 4.98 Å². The van der Waals surface area contributed by atoms with Crippen LogP contribution in [0.15, 0.2) is 36.4 Å². The Morgan fingerprint density at radius 2 is 1.97 bits per heavy atom. The molecule has 1 aliphatic rings. The molecule has 3 rings (SSSR count). The van der Waals surface area contributed by atoms with Crippen molar-refractivity contribution < 1.29 is 28.9 Å². The Labute approximate surface area is 168 Å². The van der Waals surface area contributed by atoms with Crippen LogP contribution in [0, 0.1) is 11.2 Å². The van der Waals surface area contributed by atoms with Crippen LogP contribution in [0.4, 0.5) is 4.39 Å². The molecule has 8 heteroatoms. The number of aromatic nitrogens is 1. The van der Waals surface area contributed by atoms with Crippen LogP contribution in [0.5, 0.6) is 11.8 Å². The lowest BCUT2D eigenvalue weighted by molar-refractivity contribution is -0.0669. The number of carbonyl (C=O) groups excluding carboxylic acids is 1. The van der Waals surface area contributed by atoms with Gasteiger partial charge in [0.1, 0.15) is 11.4 Å². The Morgan fingerprint density at radius 3 is 2.59 bits per heavy atom. The number of amides is 1. The van der Waals surface area contributed by atoms with Gasteiger partial charge in [0.2, 0.25) is 11.8 Å². The summed E-state index contributed by atoms with van der Waals surface area (Å²) in [6.07, 6.45) is -0.163. The van der Waals surface area contributed by atoms with E-state index >= 15 is 0 Å². The lowest BCUT2D eigenvalue weighted by Crippen LogP contribution is -2.56. The number of pyridine rings is 1. The minimum Gasteiger partial charge on any atom is -0.481 e. The van der Waals surface area contributed by atoms with Crippen LogP contribution in [0.25, 0.3) is 0 Å². The van der Waals surface area contributed by atoms with Gasteiger partial charge in [0.05, 0.1) is 26.9 Å². The van der Waals surface area contributed by atoms with E-state index in [9.17, 15) is 19.4 Å². The van der Waals surface area contributed by atoms with Crippen molar-refractivity contribution in [1.29, 1.82) is 0 Å². The fraction of sp³-hybridized carbons (Fsp3) is 0.429. The summed E-state index contributed by atoms with van der Waals surface area (Å²) in [5.74, 6) is -0.185. The molecule has 29 heavy (non-hydrogen) atoms. The second-order valence-electron chi connectivity index (χ2n) is 7.27. The molecule has 156 valence electrons. The van der Waals surface area contributed by atoms with Gasteiger partial charge in [0.25, 0.3) is 5.91 Å².